The fraction of sp³-hybridized carbons (Fsp3) is 0.727. The summed E-state index contributed by atoms with van der Waals surface area (Å²) in [7, 11) is 0. The SMILES string of the molecule is CCC(C)n1nc(C2CC2)c(CCl)c1Cl. The van der Waals surface area contributed by atoms with Crippen LogP contribution in [0.1, 0.15) is 56.3 Å². The third kappa shape index (κ3) is 2.02. The number of halogens is 2. The molecule has 1 aliphatic rings. The summed E-state index contributed by atoms with van der Waals surface area (Å²) >= 11 is 12.2. The minimum absolute atomic E-state index is 0.354. The maximum atomic E-state index is 6.29. The topological polar surface area (TPSA) is 17.8 Å². The standard InChI is InChI=1S/C11H16Cl2N2/c1-3-7(2)15-11(13)9(6-12)10(14-15)8-4-5-8/h7-8H,3-6H2,1-2H3. The van der Waals surface area contributed by atoms with E-state index in [4.69, 9.17) is 23.2 Å². The molecule has 0 spiro atoms. The Kier molecular flexibility index (Phi) is 3.27. The molecular formula is C11H16Cl2N2. The number of hydrogen-bond acceptors (Lipinski definition) is 1. The van der Waals surface area contributed by atoms with Gasteiger partial charge in [0.25, 0.3) is 0 Å². The summed E-state index contributed by atoms with van der Waals surface area (Å²) in [5, 5.41) is 5.35. The molecule has 1 aliphatic carbocycles. The van der Waals surface area contributed by atoms with Crippen molar-refractivity contribution >= 4 is 23.2 Å². The molecule has 0 aliphatic heterocycles. The first-order valence-corrected chi connectivity index (χ1v) is 6.43. The van der Waals surface area contributed by atoms with Crippen LogP contribution in [-0.4, -0.2) is 9.78 Å². The summed E-state index contributed by atoms with van der Waals surface area (Å²) in [4.78, 5) is 0. The molecule has 0 N–H and O–H groups in total. The minimum atomic E-state index is 0.354. The Morgan fingerprint density at radius 3 is 2.67 bits per heavy atom. The van der Waals surface area contributed by atoms with E-state index < -0.39 is 0 Å². The van der Waals surface area contributed by atoms with Crippen molar-refractivity contribution in [3.05, 3.63) is 16.4 Å². The first kappa shape index (κ1) is 11.3. The van der Waals surface area contributed by atoms with Crippen molar-refractivity contribution < 1.29 is 0 Å². The second-order valence-electron chi connectivity index (χ2n) is 4.26. The molecule has 1 atom stereocenters. The van der Waals surface area contributed by atoms with Gasteiger partial charge in [0, 0.05) is 11.5 Å². The molecule has 4 heteroatoms. The Morgan fingerprint density at radius 1 is 1.53 bits per heavy atom. The largest absolute Gasteiger partial charge is 0.251 e. The molecule has 2 nitrogen and oxygen atoms in total. The lowest BCUT2D eigenvalue weighted by Gasteiger charge is -2.10. The average Bonchev–Trinajstić information content (AvgIpc) is 3.02. The van der Waals surface area contributed by atoms with E-state index in [9.17, 15) is 0 Å². The van der Waals surface area contributed by atoms with Crippen molar-refractivity contribution in [2.24, 2.45) is 0 Å². The van der Waals surface area contributed by atoms with E-state index in [2.05, 4.69) is 18.9 Å². The Morgan fingerprint density at radius 2 is 2.20 bits per heavy atom. The molecule has 1 unspecified atom stereocenters. The first-order chi connectivity index (χ1) is 7.19. The van der Waals surface area contributed by atoms with Crippen LogP contribution >= 0.6 is 23.2 Å². The Labute approximate surface area is 101 Å². The van der Waals surface area contributed by atoms with Crippen LogP contribution < -0.4 is 0 Å². The van der Waals surface area contributed by atoms with E-state index in [0.717, 1.165) is 22.8 Å². The molecule has 0 radical (unpaired) electrons. The molecule has 1 fully saturated rings. The average molecular weight is 247 g/mol. The Bertz CT molecular complexity index is 356. The molecule has 0 amide bonds. The molecule has 15 heavy (non-hydrogen) atoms. The van der Waals surface area contributed by atoms with Gasteiger partial charge in [0.15, 0.2) is 0 Å². The molecule has 1 aromatic heterocycles. The highest BCUT2D eigenvalue weighted by atomic mass is 35.5. The highest BCUT2D eigenvalue weighted by molar-refractivity contribution is 6.31. The molecule has 2 rings (SSSR count). The van der Waals surface area contributed by atoms with Crippen LogP contribution in [0.2, 0.25) is 5.15 Å². The summed E-state index contributed by atoms with van der Waals surface area (Å²) in [5.41, 5.74) is 2.18. The smallest absolute Gasteiger partial charge is 0.132 e. The molecule has 1 aromatic rings. The van der Waals surface area contributed by atoms with Crippen molar-refractivity contribution in [2.45, 2.75) is 50.9 Å². The van der Waals surface area contributed by atoms with Gasteiger partial charge in [-0.05, 0) is 26.2 Å². The molecule has 0 bridgehead atoms. The van der Waals surface area contributed by atoms with Gasteiger partial charge in [0.2, 0.25) is 0 Å². The molecule has 0 aromatic carbocycles. The highest BCUT2D eigenvalue weighted by Crippen LogP contribution is 2.43. The van der Waals surface area contributed by atoms with E-state index in [-0.39, 0.29) is 0 Å². The summed E-state index contributed by atoms with van der Waals surface area (Å²) in [6.45, 7) is 4.27. The summed E-state index contributed by atoms with van der Waals surface area (Å²) in [5.74, 6) is 1.09. The maximum Gasteiger partial charge on any atom is 0.132 e. The number of rotatable bonds is 4. The predicted molar refractivity (Wildman–Crippen MR) is 63.8 cm³/mol. The van der Waals surface area contributed by atoms with Crippen LogP contribution in [0.15, 0.2) is 0 Å². The van der Waals surface area contributed by atoms with Crippen molar-refractivity contribution in [1.82, 2.24) is 9.78 Å². The molecule has 1 heterocycles. The van der Waals surface area contributed by atoms with E-state index in [1.54, 1.807) is 0 Å². The fourth-order valence-corrected chi connectivity index (χ4v) is 2.44. The van der Waals surface area contributed by atoms with Crippen LogP contribution in [0, 0.1) is 0 Å². The number of hydrogen-bond donors (Lipinski definition) is 0. The molecule has 84 valence electrons. The van der Waals surface area contributed by atoms with Crippen LogP contribution in [0.4, 0.5) is 0 Å². The van der Waals surface area contributed by atoms with Crippen LogP contribution in [-0.2, 0) is 5.88 Å². The monoisotopic (exact) mass is 246 g/mol. The second-order valence-corrected chi connectivity index (χ2v) is 4.89. The maximum absolute atomic E-state index is 6.29. The number of alkyl halides is 1. The van der Waals surface area contributed by atoms with Crippen LogP contribution in [0.5, 0.6) is 0 Å². The quantitative estimate of drug-likeness (QED) is 0.731. The van der Waals surface area contributed by atoms with Gasteiger partial charge in [0.1, 0.15) is 5.15 Å². The van der Waals surface area contributed by atoms with Gasteiger partial charge in [-0.15, -0.1) is 11.6 Å². The normalized spacial score (nSPS) is 18.1. The first-order valence-electron chi connectivity index (χ1n) is 5.51. The highest BCUT2D eigenvalue weighted by Gasteiger charge is 2.31. The van der Waals surface area contributed by atoms with Gasteiger partial charge in [0.05, 0.1) is 17.6 Å². The third-order valence-corrected chi connectivity index (χ3v) is 3.75. The molecule has 0 saturated heterocycles. The lowest BCUT2D eigenvalue weighted by Crippen LogP contribution is -2.06. The number of nitrogens with zero attached hydrogens (tertiary/aromatic N) is 2. The third-order valence-electron chi connectivity index (χ3n) is 3.08. The zero-order valence-electron chi connectivity index (χ0n) is 9.13. The van der Waals surface area contributed by atoms with Gasteiger partial charge < -0.3 is 0 Å². The van der Waals surface area contributed by atoms with Crippen LogP contribution in [0.3, 0.4) is 0 Å². The predicted octanol–water partition coefficient (Wildman–Crippen LogP) is 4.12. The van der Waals surface area contributed by atoms with E-state index in [1.165, 1.54) is 12.8 Å². The van der Waals surface area contributed by atoms with Crippen molar-refractivity contribution in [3.63, 3.8) is 0 Å². The molecular weight excluding hydrogens is 231 g/mol. The Balaban J connectivity index is 2.39. The zero-order chi connectivity index (χ0) is 11.0. The fourth-order valence-electron chi connectivity index (χ4n) is 1.74. The lowest BCUT2D eigenvalue weighted by molar-refractivity contribution is 0.474. The minimum Gasteiger partial charge on any atom is -0.251 e. The second kappa shape index (κ2) is 4.34. The van der Waals surface area contributed by atoms with Crippen LogP contribution in [0.25, 0.3) is 0 Å². The van der Waals surface area contributed by atoms with Gasteiger partial charge in [-0.2, -0.15) is 5.10 Å². The van der Waals surface area contributed by atoms with Gasteiger partial charge in [-0.1, -0.05) is 18.5 Å². The Hall–Kier alpha value is -0.210. The summed E-state index contributed by atoms with van der Waals surface area (Å²) in [6.07, 6.45) is 3.50. The van der Waals surface area contributed by atoms with Gasteiger partial charge >= 0.3 is 0 Å². The summed E-state index contributed by atoms with van der Waals surface area (Å²) < 4.78 is 1.92. The molecule has 1 saturated carbocycles. The van der Waals surface area contributed by atoms with Gasteiger partial charge in [-0.25, -0.2) is 0 Å². The van der Waals surface area contributed by atoms with E-state index in [0.29, 0.717) is 17.8 Å². The zero-order valence-corrected chi connectivity index (χ0v) is 10.6. The van der Waals surface area contributed by atoms with Crippen molar-refractivity contribution in [3.8, 4) is 0 Å². The summed E-state index contributed by atoms with van der Waals surface area (Å²) in [6, 6.07) is 0.354. The van der Waals surface area contributed by atoms with Crippen molar-refractivity contribution in [2.75, 3.05) is 0 Å². The lowest BCUT2D eigenvalue weighted by atomic mass is 10.2. The van der Waals surface area contributed by atoms with Gasteiger partial charge in [-0.3, -0.25) is 4.68 Å². The van der Waals surface area contributed by atoms with E-state index >= 15 is 0 Å². The van der Waals surface area contributed by atoms with E-state index in [1.807, 2.05) is 4.68 Å². The number of aromatic nitrogens is 2. The van der Waals surface area contributed by atoms with Crippen molar-refractivity contribution in [1.29, 1.82) is 0 Å².